The predicted octanol–water partition coefficient (Wildman–Crippen LogP) is 1.43. The number of hydrogen-bond donors (Lipinski definition) is 1. The lowest BCUT2D eigenvalue weighted by Crippen LogP contribution is -2.47. The standard InChI is InChI=1S/C18H23NO7S/c1-3-25-18(22)16-9-13-8-14(6-7-15(13)26-16)27(23,24)19-10-12(17(20)21)5-4-11(19)2/h6-8,11-12,16H,3-5,9-10H2,1-2H3,(H,20,21). The van der Waals surface area contributed by atoms with Crippen LogP contribution in [-0.4, -0.2) is 55.1 Å². The van der Waals surface area contributed by atoms with Crippen molar-refractivity contribution in [1.29, 1.82) is 0 Å². The molecule has 0 spiro atoms. The molecule has 0 bridgehead atoms. The Kier molecular flexibility index (Phi) is 5.43. The van der Waals surface area contributed by atoms with Crippen LogP contribution in [0.4, 0.5) is 0 Å². The van der Waals surface area contributed by atoms with Gasteiger partial charge >= 0.3 is 11.9 Å². The van der Waals surface area contributed by atoms with E-state index >= 15 is 0 Å². The molecule has 0 saturated carbocycles. The van der Waals surface area contributed by atoms with Crippen LogP contribution in [0.1, 0.15) is 32.3 Å². The maximum Gasteiger partial charge on any atom is 0.347 e. The first-order valence-electron chi connectivity index (χ1n) is 8.95. The Morgan fingerprint density at radius 3 is 2.74 bits per heavy atom. The van der Waals surface area contributed by atoms with Gasteiger partial charge in [0.15, 0.2) is 6.10 Å². The number of hydrogen-bond acceptors (Lipinski definition) is 6. The number of rotatable bonds is 5. The lowest BCUT2D eigenvalue weighted by atomic mass is 9.96. The molecule has 0 aliphatic carbocycles. The SMILES string of the molecule is CCOC(=O)C1Cc2cc(S(=O)(=O)N3CC(C(=O)O)CCC3C)ccc2O1. The summed E-state index contributed by atoms with van der Waals surface area (Å²) in [6.45, 7) is 3.68. The molecule has 0 aromatic heterocycles. The van der Waals surface area contributed by atoms with Crippen LogP contribution in [0.15, 0.2) is 23.1 Å². The topological polar surface area (TPSA) is 110 Å². The summed E-state index contributed by atoms with van der Waals surface area (Å²) >= 11 is 0. The molecule has 1 N–H and O–H groups in total. The van der Waals surface area contributed by atoms with E-state index in [-0.39, 0.29) is 30.5 Å². The van der Waals surface area contributed by atoms with E-state index in [4.69, 9.17) is 9.47 Å². The number of carboxylic acids is 1. The highest BCUT2D eigenvalue weighted by atomic mass is 32.2. The fourth-order valence-corrected chi connectivity index (χ4v) is 5.26. The van der Waals surface area contributed by atoms with E-state index in [1.54, 1.807) is 13.8 Å². The van der Waals surface area contributed by atoms with Gasteiger partial charge in [0.2, 0.25) is 10.0 Å². The summed E-state index contributed by atoms with van der Waals surface area (Å²) in [6, 6.07) is 4.19. The summed E-state index contributed by atoms with van der Waals surface area (Å²) in [4.78, 5) is 23.2. The number of carboxylic acid groups (broad SMARTS) is 1. The van der Waals surface area contributed by atoms with Crippen molar-refractivity contribution in [3.05, 3.63) is 23.8 Å². The zero-order valence-corrected chi connectivity index (χ0v) is 16.1. The Bertz CT molecular complexity index is 851. The minimum atomic E-state index is -3.85. The van der Waals surface area contributed by atoms with Crippen LogP contribution in [-0.2, 0) is 30.8 Å². The van der Waals surface area contributed by atoms with E-state index in [0.717, 1.165) is 0 Å². The van der Waals surface area contributed by atoms with E-state index in [1.165, 1.54) is 22.5 Å². The Labute approximate surface area is 158 Å². The number of ether oxygens (including phenoxy) is 2. The minimum Gasteiger partial charge on any atom is -0.481 e. The van der Waals surface area contributed by atoms with Crippen molar-refractivity contribution < 1.29 is 32.6 Å². The zero-order chi connectivity index (χ0) is 19.8. The molecule has 0 amide bonds. The summed E-state index contributed by atoms with van der Waals surface area (Å²) in [5.41, 5.74) is 0.619. The van der Waals surface area contributed by atoms with E-state index in [9.17, 15) is 23.1 Å². The molecule has 2 aliphatic heterocycles. The number of nitrogens with zero attached hydrogens (tertiary/aromatic N) is 1. The van der Waals surface area contributed by atoms with Gasteiger partial charge in [-0.15, -0.1) is 0 Å². The van der Waals surface area contributed by atoms with Gasteiger partial charge in [-0.1, -0.05) is 0 Å². The normalized spacial score (nSPS) is 25.5. The lowest BCUT2D eigenvalue weighted by molar-refractivity contribution is -0.150. The summed E-state index contributed by atoms with van der Waals surface area (Å²) in [5.74, 6) is -1.71. The first-order valence-corrected chi connectivity index (χ1v) is 10.4. The van der Waals surface area contributed by atoms with Gasteiger partial charge in [-0.2, -0.15) is 4.31 Å². The summed E-state index contributed by atoms with van der Waals surface area (Å²) < 4.78 is 37.9. The Balaban J connectivity index is 1.84. The van der Waals surface area contributed by atoms with Crippen molar-refractivity contribution >= 4 is 22.0 Å². The van der Waals surface area contributed by atoms with E-state index in [2.05, 4.69) is 0 Å². The molecule has 8 nitrogen and oxygen atoms in total. The van der Waals surface area contributed by atoms with E-state index in [0.29, 0.717) is 24.2 Å². The highest BCUT2D eigenvalue weighted by Crippen LogP contribution is 2.34. The van der Waals surface area contributed by atoms with Crippen LogP contribution in [0.3, 0.4) is 0 Å². The van der Waals surface area contributed by atoms with Crippen molar-refractivity contribution in [2.75, 3.05) is 13.2 Å². The van der Waals surface area contributed by atoms with Crippen LogP contribution in [0, 0.1) is 5.92 Å². The van der Waals surface area contributed by atoms with Crippen molar-refractivity contribution in [1.82, 2.24) is 4.31 Å². The number of carbonyl (C=O) groups is 2. The number of fused-ring (bicyclic) bond motifs is 1. The molecule has 3 rings (SSSR count). The first-order chi connectivity index (χ1) is 12.7. The van der Waals surface area contributed by atoms with Crippen LogP contribution in [0.25, 0.3) is 0 Å². The van der Waals surface area contributed by atoms with Gasteiger partial charge in [0, 0.05) is 19.0 Å². The molecular formula is C18H23NO7S. The molecule has 1 aromatic carbocycles. The molecule has 1 fully saturated rings. The molecule has 2 heterocycles. The molecule has 148 valence electrons. The van der Waals surface area contributed by atoms with Crippen molar-refractivity contribution in [2.45, 2.75) is 50.2 Å². The van der Waals surface area contributed by atoms with Gasteiger partial charge in [0.05, 0.1) is 17.4 Å². The molecule has 0 radical (unpaired) electrons. The maximum atomic E-state index is 13.1. The highest BCUT2D eigenvalue weighted by Gasteiger charge is 2.38. The van der Waals surface area contributed by atoms with Crippen LogP contribution in [0.5, 0.6) is 5.75 Å². The fourth-order valence-electron chi connectivity index (χ4n) is 3.50. The van der Waals surface area contributed by atoms with E-state index < -0.39 is 34.0 Å². The number of piperidine rings is 1. The van der Waals surface area contributed by atoms with Gasteiger partial charge in [0.25, 0.3) is 0 Å². The van der Waals surface area contributed by atoms with Crippen LogP contribution in [0.2, 0.25) is 0 Å². The second kappa shape index (κ2) is 7.47. The zero-order valence-electron chi connectivity index (χ0n) is 15.3. The largest absolute Gasteiger partial charge is 0.481 e. The molecule has 3 unspecified atom stereocenters. The second-order valence-corrected chi connectivity index (χ2v) is 8.76. The number of esters is 1. The van der Waals surface area contributed by atoms with Gasteiger partial charge < -0.3 is 14.6 Å². The number of benzene rings is 1. The van der Waals surface area contributed by atoms with Gasteiger partial charge in [-0.05, 0) is 50.5 Å². The Morgan fingerprint density at radius 1 is 1.33 bits per heavy atom. The molecule has 2 aliphatic rings. The number of aliphatic carboxylic acids is 1. The molecule has 27 heavy (non-hydrogen) atoms. The summed E-state index contributed by atoms with van der Waals surface area (Å²) in [5, 5.41) is 9.25. The highest BCUT2D eigenvalue weighted by molar-refractivity contribution is 7.89. The maximum absolute atomic E-state index is 13.1. The fraction of sp³-hybridized carbons (Fsp3) is 0.556. The van der Waals surface area contributed by atoms with Crippen molar-refractivity contribution in [3.8, 4) is 5.75 Å². The third kappa shape index (κ3) is 3.79. The lowest BCUT2D eigenvalue weighted by Gasteiger charge is -2.35. The Hall–Kier alpha value is -2.13. The van der Waals surface area contributed by atoms with Gasteiger partial charge in [-0.3, -0.25) is 4.79 Å². The molecular weight excluding hydrogens is 374 g/mol. The van der Waals surface area contributed by atoms with Crippen LogP contribution >= 0.6 is 0 Å². The molecule has 9 heteroatoms. The quantitative estimate of drug-likeness (QED) is 0.748. The second-order valence-electron chi connectivity index (χ2n) is 6.87. The molecule has 3 atom stereocenters. The average Bonchev–Trinajstić information content (AvgIpc) is 3.05. The third-order valence-electron chi connectivity index (χ3n) is 5.04. The average molecular weight is 397 g/mol. The first kappa shape index (κ1) is 19.6. The Morgan fingerprint density at radius 2 is 2.07 bits per heavy atom. The molecule has 1 saturated heterocycles. The number of sulfonamides is 1. The number of carbonyl (C=O) groups excluding carboxylic acids is 1. The van der Waals surface area contributed by atoms with Gasteiger partial charge in [-0.25, -0.2) is 13.2 Å². The van der Waals surface area contributed by atoms with Crippen molar-refractivity contribution in [2.24, 2.45) is 5.92 Å². The summed E-state index contributed by atoms with van der Waals surface area (Å²) in [6.07, 6.45) is 0.421. The summed E-state index contributed by atoms with van der Waals surface area (Å²) in [7, 11) is -3.85. The molecule has 1 aromatic rings. The smallest absolute Gasteiger partial charge is 0.347 e. The van der Waals surface area contributed by atoms with E-state index in [1.807, 2.05) is 0 Å². The van der Waals surface area contributed by atoms with Gasteiger partial charge in [0.1, 0.15) is 5.75 Å². The minimum absolute atomic E-state index is 0.0438. The monoisotopic (exact) mass is 397 g/mol. The third-order valence-corrected chi connectivity index (χ3v) is 7.01. The van der Waals surface area contributed by atoms with Crippen LogP contribution < -0.4 is 4.74 Å². The van der Waals surface area contributed by atoms with Crippen molar-refractivity contribution in [3.63, 3.8) is 0 Å². The predicted molar refractivity (Wildman–Crippen MR) is 94.9 cm³/mol.